The van der Waals surface area contributed by atoms with E-state index in [1.54, 1.807) is 13.2 Å². The maximum atomic E-state index is 5.90. The number of nitrogens with zero attached hydrogens (tertiary/aromatic N) is 2. The number of ether oxygens (including phenoxy) is 2. The second-order valence-corrected chi connectivity index (χ2v) is 6.00. The zero-order valence-electron chi connectivity index (χ0n) is 16.7. The standard InChI is InChI=1S/C21H30N4O2.HI/c1-3-26-15-8-7-13-24-21(22-2)25-16-19-12-9-14-23-20(19)27-17-18-10-5-4-6-11-18;/h4-6,9-12,14H,3,7-8,13,15-17H2,1-2H3,(H2,22,24,25);1H. The lowest BCUT2D eigenvalue weighted by atomic mass is 10.2. The smallest absolute Gasteiger partial charge is 0.218 e. The summed E-state index contributed by atoms with van der Waals surface area (Å²) in [4.78, 5) is 8.63. The fourth-order valence-electron chi connectivity index (χ4n) is 2.49. The van der Waals surface area contributed by atoms with Crippen LogP contribution in [0.3, 0.4) is 0 Å². The minimum Gasteiger partial charge on any atom is -0.473 e. The van der Waals surface area contributed by atoms with E-state index in [9.17, 15) is 0 Å². The Hall–Kier alpha value is -1.87. The van der Waals surface area contributed by atoms with Gasteiger partial charge in [-0.2, -0.15) is 0 Å². The maximum Gasteiger partial charge on any atom is 0.218 e. The van der Waals surface area contributed by atoms with Crippen molar-refractivity contribution >= 4 is 29.9 Å². The summed E-state index contributed by atoms with van der Waals surface area (Å²) in [6.07, 6.45) is 3.83. The Labute approximate surface area is 185 Å². The Morgan fingerprint density at radius 1 is 1.07 bits per heavy atom. The Kier molecular flexibility index (Phi) is 13.0. The van der Waals surface area contributed by atoms with Gasteiger partial charge in [-0.05, 0) is 31.4 Å². The number of hydrogen-bond donors (Lipinski definition) is 2. The molecule has 0 aliphatic rings. The number of halogens is 1. The molecule has 2 aromatic rings. The third-order valence-electron chi connectivity index (χ3n) is 3.95. The van der Waals surface area contributed by atoms with Crippen molar-refractivity contribution in [3.05, 3.63) is 59.8 Å². The molecule has 0 spiro atoms. The maximum absolute atomic E-state index is 5.90. The van der Waals surface area contributed by atoms with E-state index in [1.165, 1.54) is 0 Å². The zero-order chi connectivity index (χ0) is 19.2. The molecule has 0 aliphatic carbocycles. The van der Waals surface area contributed by atoms with Gasteiger partial charge in [0, 0.05) is 45.1 Å². The first-order chi connectivity index (χ1) is 13.3. The van der Waals surface area contributed by atoms with E-state index in [4.69, 9.17) is 9.47 Å². The van der Waals surface area contributed by atoms with Crippen LogP contribution in [-0.2, 0) is 17.9 Å². The predicted molar refractivity (Wildman–Crippen MR) is 124 cm³/mol. The fraction of sp³-hybridized carbons (Fsp3) is 0.429. The van der Waals surface area contributed by atoms with Gasteiger partial charge in [0.15, 0.2) is 5.96 Å². The van der Waals surface area contributed by atoms with Crippen LogP contribution >= 0.6 is 24.0 Å². The first-order valence-corrected chi connectivity index (χ1v) is 9.46. The highest BCUT2D eigenvalue weighted by Crippen LogP contribution is 2.15. The molecule has 1 heterocycles. The van der Waals surface area contributed by atoms with Crippen LogP contribution < -0.4 is 15.4 Å². The molecule has 0 amide bonds. The van der Waals surface area contributed by atoms with Gasteiger partial charge in [-0.15, -0.1) is 24.0 Å². The van der Waals surface area contributed by atoms with Crippen molar-refractivity contribution < 1.29 is 9.47 Å². The van der Waals surface area contributed by atoms with Crippen LogP contribution in [0.15, 0.2) is 53.7 Å². The van der Waals surface area contributed by atoms with E-state index < -0.39 is 0 Å². The molecule has 0 aliphatic heterocycles. The minimum atomic E-state index is 0. The fourth-order valence-corrected chi connectivity index (χ4v) is 2.49. The van der Waals surface area contributed by atoms with Gasteiger partial charge in [-0.25, -0.2) is 4.98 Å². The van der Waals surface area contributed by atoms with Crippen molar-refractivity contribution in [2.75, 3.05) is 26.8 Å². The van der Waals surface area contributed by atoms with Crippen molar-refractivity contribution in [3.8, 4) is 5.88 Å². The van der Waals surface area contributed by atoms with Gasteiger partial charge >= 0.3 is 0 Å². The largest absolute Gasteiger partial charge is 0.473 e. The average Bonchev–Trinajstić information content (AvgIpc) is 2.72. The number of unbranched alkanes of at least 4 members (excludes halogenated alkanes) is 1. The van der Waals surface area contributed by atoms with E-state index in [0.29, 0.717) is 19.0 Å². The van der Waals surface area contributed by atoms with Gasteiger partial charge in [0.2, 0.25) is 5.88 Å². The Bertz CT molecular complexity index is 683. The highest BCUT2D eigenvalue weighted by atomic mass is 127. The Balaban J connectivity index is 0.00000392. The van der Waals surface area contributed by atoms with E-state index in [2.05, 4.69) is 20.6 Å². The molecule has 6 nitrogen and oxygen atoms in total. The van der Waals surface area contributed by atoms with E-state index in [1.807, 2.05) is 49.4 Å². The molecular weight excluding hydrogens is 467 g/mol. The highest BCUT2D eigenvalue weighted by molar-refractivity contribution is 14.0. The molecule has 0 atom stereocenters. The van der Waals surface area contributed by atoms with Crippen molar-refractivity contribution in [1.82, 2.24) is 15.6 Å². The lowest BCUT2D eigenvalue weighted by Crippen LogP contribution is -2.37. The Morgan fingerprint density at radius 2 is 1.89 bits per heavy atom. The summed E-state index contributed by atoms with van der Waals surface area (Å²) in [5.74, 6) is 1.41. The number of pyridine rings is 1. The lowest BCUT2D eigenvalue weighted by Gasteiger charge is -2.14. The summed E-state index contributed by atoms with van der Waals surface area (Å²) in [5, 5.41) is 6.63. The normalized spacial score (nSPS) is 10.9. The van der Waals surface area contributed by atoms with Crippen molar-refractivity contribution in [2.24, 2.45) is 4.99 Å². The molecule has 0 radical (unpaired) electrons. The molecule has 0 unspecified atom stereocenters. The van der Waals surface area contributed by atoms with Crippen LogP contribution in [0.4, 0.5) is 0 Å². The molecule has 0 bridgehead atoms. The molecule has 28 heavy (non-hydrogen) atoms. The van der Waals surface area contributed by atoms with Gasteiger partial charge in [0.25, 0.3) is 0 Å². The molecule has 2 N–H and O–H groups in total. The van der Waals surface area contributed by atoms with Crippen LogP contribution in [0.2, 0.25) is 0 Å². The van der Waals surface area contributed by atoms with Gasteiger partial charge in [0.05, 0.1) is 0 Å². The molecular formula is C21H31IN4O2. The highest BCUT2D eigenvalue weighted by Gasteiger charge is 2.06. The summed E-state index contributed by atoms with van der Waals surface area (Å²) < 4.78 is 11.2. The molecule has 0 fully saturated rings. The number of guanidine groups is 1. The number of rotatable bonds is 11. The predicted octanol–water partition coefficient (Wildman–Crippen LogP) is 3.76. The average molecular weight is 498 g/mol. The molecule has 1 aromatic carbocycles. The van der Waals surface area contributed by atoms with Crippen LogP contribution in [0.5, 0.6) is 5.88 Å². The lowest BCUT2D eigenvalue weighted by molar-refractivity contribution is 0.143. The number of nitrogens with one attached hydrogen (secondary N) is 2. The molecule has 7 heteroatoms. The van der Waals surface area contributed by atoms with E-state index in [-0.39, 0.29) is 24.0 Å². The van der Waals surface area contributed by atoms with Crippen molar-refractivity contribution in [2.45, 2.75) is 32.9 Å². The SMILES string of the molecule is CCOCCCCNC(=NC)NCc1cccnc1OCc1ccccc1.I. The first kappa shape index (κ1) is 24.2. The first-order valence-electron chi connectivity index (χ1n) is 9.46. The van der Waals surface area contributed by atoms with Crippen molar-refractivity contribution in [3.63, 3.8) is 0 Å². The van der Waals surface area contributed by atoms with Gasteiger partial charge in [0.1, 0.15) is 6.61 Å². The number of aromatic nitrogens is 1. The zero-order valence-corrected chi connectivity index (χ0v) is 19.0. The Morgan fingerprint density at radius 3 is 2.64 bits per heavy atom. The second kappa shape index (κ2) is 15.1. The van der Waals surface area contributed by atoms with E-state index in [0.717, 1.165) is 49.7 Å². The molecule has 0 saturated carbocycles. The summed E-state index contributed by atoms with van der Waals surface area (Å²) in [6.45, 7) is 5.55. The summed E-state index contributed by atoms with van der Waals surface area (Å²) in [7, 11) is 1.77. The molecule has 2 rings (SSSR count). The van der Waals surface area contributed by atoms with E-state index >= 15 is 0 Å². The van der Waals surface area contributed by atoms with Crippen LogP contribution in [0.25, 0.3) is 0 Å². The number of aliphatic imine (C=N–C) groups is 1. The minimum absolute atomic E-state index is 0. The summed E-state index contributed by atoms with van der Waals surface area (Å²) in [5.41, 5.74) is 2.11. The molecule has 0 saturated heterocycles. The van der Waals surface area contributed by atoms with Gasteiger partial charge < -0.3 is 20.1 Å². The van der Waals surface area contributed by atoms with Crippen molar-refractivity contribution in [1.29, 1.82) is 0 Å². The number of benzene rings is 1. The number of hydrogen-bond acceptors (Lipinski definition) is 4. The van der Waals surface area contributed by atoms with Gasteiger partial charge in [-0.3, -0.25) is 4.99 Å². The quantitative estimate of drug-likeness (QED) is 0.214. The summed E-state index contributed by atoms with van der Waals surface area (Å²) in [6, 6.07) is 14.0. The topological polar surface area (TPSA) is 67.8 Å². The summed E-state index contributed by atoms with van der Waals surface area (Å²) >= 11 is 0. The van der Waals surface area contributed by atoms with Crippen LogP contribution in [0, 0.1) is 0 Å². The molecule has 1 aromatic heterocycles. The third kappa shape index (κ3) is 9.36. The van der Waals surface area contributed by atoms with Gasteiger partial charge in [-0.1, -0.05) is 36.4 Å². The second-order valence-electron chi connectivity index (χ2n) is 6.00. The van der Waals surface area contributed by atoms with Crippen LogP contribution in [0.1, 0.15) is 30.9 Å². The third-order valence-corrected chi connectivity index (χ3v) is 3.95. The van der Waals surface area contributed by atoms with Crippen LogP contribution in [-0.4, -0.2) is 37.7 Å². The molecule has 154 valence electrons. The monoisotopic (exact) mass is 498 g/mol.